The van der Waals surface area contributed by atoms with Crippen LogP contribution in [0.5, 0.6) is 5.75 Å². The number of nitrogens with zero attached hydrogens (tertiary/aromatic N) is 1. The van der Waals surface area contributed by atoms with Gasteiger partial charge < -0.3 is 19.5 Å². The summed E-state index contributed by atoms with van der Waals surface area (Å²) in [7, 11) is 3.67. The number of ether oxygens (including phenoxy) is 3. The fraction of sp³-hybridized carbons (Fsp3) is 0.591. The van der Waals surface area contributed by atoms with Gasteiger partial charge in [-0.15, -0.1) is 0 Å². The molecule has 11 heteroatoms. The van der Waals surface area contributed by atoms with E-state index >= 15 is 0 Å². The van der Waals surface area contributed by atoms with Crippen molar-refractivity contribution in [3.05, 3.63) is 29.3 Å². The van der Waals surface area contributed by atoms with Crippen LogP contribution in [0.3, 0.4) is 0 Å². The van der Waals surface area contributed by atoms with Crippen LogP contribution in [0.15, 0.2) is 18.2 Å². The van der Waals surface area contributed by atoms with Crippen molar-refractivity contribution >= 4 is 18.0 Å². The molecular formula is C22H31F3N2O6. The molecule has 33 heavy (non-hydrogen) atoms. The number of hydrogen-bond donors (Lipinski definition) is 1. The molecule has 0 saturated carbocycles. The molecule has 0 aromatic heterocycles. The van der Waals surface area contributed by atoms with Gasteiger partial charge in [-0.1, -0.05) is 13.0 Å². The Bertz CT molecular complexity index is 852. The number of nitrogens with one attached hydrogen (secondary N) is 1. The molecule has 0 aliphatic rings. The predicted molar refractivity (Wildman–Crippen MR) is 114 cm³/mol. The largest absolute Gasteiger partial charge is 0.496 e. The maximum Gasteiger partial charge on any atom is 0.410 e. The normalized spacial score (nSPS) is 13.5. The van der Waals surface area contributed by atoms with E-state index in [2.05, 4.69) is 10.1 Å². The molecule has 0 heterocycles. The number of alkyl halides is 3. The first-order valence-electron chi connectivity index (χ1n) is 10.2. The van der Waals surface area contributed by atoms with Crippen LogP contribution in [0.2, 0.25) is 0 Å². The Morgan fingerprint density at radius 2 is 1.73 bits per heavy atom. The number of halogens is 3. The molecule has 0 aliphatic heterocycles. The van der Waals surface area contributed by atoms with Gasteiger partial charge in [0.25, 0.3) is 0 Å². The number of esters is 1. The molecule has 1 N–H and O–H groups in total. The summed E-state index contributed by atoms with van der Waals surface area (Å²) in [5.74, 6) is -1.72. The lowest BCUT2D eigenvalue weighted by atomic mass is 9.99. The highest BCUT2D eigenvalue weighted by Gasteiger charge is 2.39. The summed E-state index contributed by atoms with van der Waals surface area (Å²) < 4.78 is 53.9. The van der Waals surface area contributed by atoms with Crippen molar-refractivity contribution in [2.24, 2.45) is 0 Å². The number of benzene rings is 1. The fourth-order valence-electron chi connectivity index (χ4n) is 3.05. The van der Waals surface area contributed by atoms with E-state index in [0.717, 1.165) is 12.0 Å². The molecule has 0 bridgehead atoms. The molecule has 8 nitrogen and oxygen atoms in total. The molecule has 186 valence electrons. The molecule has 1 rings (SSSR count). The number of rotatable bonds is 8. The Morgan fingerprint density at radius 3 is 2.18 bits per heavy atom. The first-order valence-corrected chi connectivity index (χ1v) is 10.2. The number of amides is 2. The van der Waals surface area contributed by atoms with E-state index in [1.165, 1.54) is 20.2 Å². The van der Waals surface area contributed by atoms with E-state index in [-0.39, 0.29) is 0 Å². The third kappa shape index (κ3) is 8.47. The van der Waals surface area contributed by atoms with Gasteiger partial charge in [-0.05, 0) is 50.5 Å². The Hall–Kier alpha value is -2.98. The van der Waals surface area contributed by atoms with Crippen LogP contribution in [0, 0.1) is 0 Å². The second-order valence-electron chi connectivity index (χ2n) is 8.32. The molecular weight excluding hydrogens is 445 g/mol. The topological polar surface area (TPSA) is 94.2 Å². The average Bonchev–Trinajstić information content (AvgIpc) is 2.70. The zero-order valence-electron chi connectivity index (χ0n) is 19.8. The lowest BCUT2D eigenvalue weighted by molar-refractivity contribution is -0.162. The van der Waals surface area contributed by atoms with Crippen molar-refractivity contribution < 1.29 is 41.8 Å². The Kier molecular flexibility index (Phi) is 9.56. The highest BCUT2D eigenvalue weighted by molar-refractivity contribution is 5.90. The summed E-state index contributed by atoms with van der Waals surface area (Å²) in [4.78, 5) is 38.7. The van der Waals surface area contributed by atoms with Crippen LogP contribution in [0.1, 0.15) is 51.3 Å². The lowest BCUT2D eigenvalue weighted by Gasteiger charge is -2.31. The number of likely N-dealkylation sites (N-methyl/N-ethyl adjacent to an activating group) is 1. The maximum atomic E-state index is 13.2. The van der Waals surface area contributed by atoms with Gasteiger partial charge in [0.2, 0.25) is 5.91 Å². The van der Waals surface area contributed by atoms with E-state index in [1.807, 2.05) is 6.92 Å². The lowest BCUT2D eigenvalue weighted by Crippen LogP contribution is -2.50. The summed E-state index contributed by atoms with van der Waals surface area (Å²) in [6, 6.07) is 1.34. The predicted octanol–water partition coefficient (Wildman–Crippen LogP) is 3.78. The van der Waals surface area contributed by atoms with Gasteiger partial charge in [0, 0.05) is 7.05 Å². The summed E-state index contributed by atoms with van der Waals surface area (Å²) in [6.07, 6.45) is -6.71. The second-order valence-corrected chi connectivity index (χ2v) is 8.32. The van der Waals surface area contributed by atoms with Gasteiger partial charge in [-0.2, -0.15) is 13.2 Å². The monoisotopic (exact) mass is 476 g/mol. The zero-order chi connectivity index (χ0) is 25.6. The number of carbonyl (C=O) groups is 3. The Morgan fingerprint density at radius 1 is 1.12 bits per heavy atom. The molecule has 0 spiro atoms. The number of aryl methyl sites for hydroxylation is 1. The average molecular weight is 476 g/mol. The van der Waals surface area contributed by atoms with Crippen LogP contribution in [0.25, 0.3) is 0 Å². The van der Waals surface area contributed by atoms with E-state index < -0.39 is 48.3 Å². The summed E-state index contributed by atoms with van der Waals surface area (Å²) in [6.45, 7) is 6.75. The number of methoxy groups -OCH3 is 2. The van der Waals surface area contributed by atoms with Gasteiger partial charge in [-0.25, -0.2) is 9.59 Å². The van der Waals surface area contributed by atoms with Crippen molar-refractivity contribution in [2.75, 3.05) is 21.3 Å². The van der Waals surface area contributed by atoms with Gasteiger partial charge in [-0.3, -0.25) is 9.69 Å². The Balaban J connectivity index is 3.43. The minimum Gasteiger partial charge on any atom is -0.496 e. The third-order valence-electron chi connectivity index (χ3n) is 4.56. The smallest absolute Gasteiger partial charge is 0.410 e. The fourth-order valence-corrected chi connectivity index (χ4v) is 3.05. The van der Waals surface area contributed by atoms with Gasteiger partial charge in [0.1, 0.15) is 23.4 Å². The van der Waals surface area contributed by atoms with Crippen LogP contribution in [-0.4, -0.2) is 62.0 Å². The molecule has 0 fully saturated rings. The van der Waals surface area contributed by atoms with Crippen molar-refractivity contribution in [2.45, 2.75) is 64.4 Å². The van der Waals surface area contributed by atoms with Crippen molar-refractivity contribution in [1.29, 1.82) is 0 Å². The molecule has 2 amide bonds. The van der Waals surface area contributed by atoms with Crippen LogP contribution >= 0.6 is 0 Å². The standard InChI is InChI=1S/C22H31F3N2O6/c1-8-13-11-14(9-10-16(13)31-6)17(27(5)20(30)33-21(2,3)4)18(28)26-15(19(29)32-7)12-22(23,24)25/h9-11,15,17H,8,12H2,1-7H3,(H,26,28). The first-order chi connectivity index (χ1) is 15.1. The molecule has 2 atom stereocenters. The molecule has 0 saturated heterocycles. The molecule has 2 unspecified atom stereocenters. The van der Waals surface area contributed by atoms with Crippen LogP contribution in [-0.2, 0) is 25.5 Å². The number of carbonyl (C=O) groups excluding carboxylic acids is 3. The van der Waals surface area contributed by atoms with E-state index in [0.29, 0.717) is 23.3 Å². The van der Waals surface area contributed by atoms with Crippen molar-refractivity contribution in [1.82, 2.24) is 10.2 Å². The summed E-state index contributed by atoms with van der Waals surface area (Å²) >= 11 is 0. The highest BCUT2D eigenvalue weighted by atomic mass is 19.4. The minimum absolute atomic E-state index is 0.300. The van der Waals surface area contributed by atoms with Crippen LogP contribution < -0.4 is 10.1 Å². The highest BCUT2D eigenvalue weighted by Crippen LogP contribution is 2.29. The van der Waals surface area contributed by atoms with E-state index in [4.69, 9.17) is 9.47 Å². The number of hydrogen-bond acceptors (Lipinski definition) is 6. The molecule has 0 aliphatic carbocycles. The van der Waals surface area contributed by atoms with Gasteiger partial charge in [0.15, 0.2) is 0 Å². The zero-order valence-corrected chi connectivity index (χ0v) is 19.8. The summed E-state index contributed by atoms with van der Waals surface area (Å²) in [5.41, 5.74) is 0.130. The van der Waals surface area contributed by atoms with Crippen molar-refractivity contribution in [3.8, 4) is 5.75 Å². The Labute approximate surface area is 191 Å². The third-order valence-corrected chi connectivity index (χ3v) is 4.56. The molecule has 1 aromatic rings. The minimum atomic E-state index is -4.74. The molecule has 1 aromatic carbocycles. The quantitative estimate of drug-likeness (QED) is 0.574. The second kappa shape index (κ2) is 11.2. The SMILES string of the molecule is CCc1cc(C(C(=O)NC(CC(F)(F)F)C(=O)OC)N(C)C(=O)OC(C)(C)C)ccc1OC. The van der Waals surface area contributed by atoms with Gasteiger partial charge >= 0.3 is 18.2 Å². The maximum absolute atomic E-state index is 13.2. The molecule has 0 radical (unpaired) electrons. The summed E-state index contributed by atoms with van der Waals surface area (Å²) in [5, 5.41) is 2.07. The first kappa shape index (κ1) is 28.1. The van der Waals surface area contributed by atoms with Crippen LogP contribution in [0.4, 0.5) is 18.0 Å². The van der Waals surface area contributed by atoms with E-state index in [1.54, 1.807) is 32.9 Å². The van der Waals surface area contributed by atoms with Crippen molar-refractivity contribution in [3.63, 3.8) is 0 Å². The van der Waals surface area contributed by atoms with Gasteiger partial charge in [0.05, 0.1) is 20.6 Å². The van der Waals surface area contributed by atoms with E-state index in [9.17, 15) is 27.6 Å².